The lowest BCUT2D eigenvalue weighted by Crippen LogP contribution is -2.59. The number of thioether (sulfide) groups is 1. The lowest BCUT2D eigenvalue weighted by molar-refractivity contribution is -0.301. The number of amides is 1. The molecular weight excluding hydrogens is 782 g/mol. The summed E-state index contributed by atoms with van der Waals surface area (Å²) in [6.45, 7) is 7.54. The highest BCUT2D eigenvalue weighted by atomic mass is 32.2. The predicted octanol–water partition coefficient (Wildman–Crippen LogP) is 2.30. The summed E-state index contributed by atoms with van der Waals surface area (Å²) in [7, 11) is 0. The van der Waals surface area contributed by atoms with Crippen LogP contribution in [0.2, 0.25) is 0 Å². The monoisotopic (exact) mass is 857 g/mol. The minimum absolute atomic E-state index is 0.0150. The first-order valence-electron chi connectivity index (χ1n) is 21.2. The summed E-state index contributed by atoms with van der Waals surface area (Å²) in [4.78, 5) is 34.8. The quantitative estimate of drug-likeness (QED) is 0.0439. The molecule has 18 heteroatoms. The highest BCUT2D eigenvalue weighted by Gasteiger charge is 2.43. The van der Waals surface area contributed by atoms with E-state index in [0.29, 0.717) is 91.9 Å². The van der Waals surface area contributed by atoms with Crippen LogP contribution >= 0.6 is 11.8 Å². The molecule has 0 unspecified atom stereocenters. The highest BCUT2D eigenvalue weighted by molar-refractivity contribution is 8.13. The van der Waals surface area contributed by atoms with E-state index in [-0.39, 0.29) is 43.7 Å². The molecule has 0 spiro atoms. The average Bonchev–Trinajstić information content (AvgIpc) is 3.21. The molecule has 1 saturated heterocycles. The Morgan fingerprint density at radius 1 is 0.552 bits per heavy atom. The van der Waals surface area contributed by atoms with Gasteiger partial charge in [-0.1, -0.05) is 56.7 Å². The fourth-order valence-electron chi connectivity index (χ4n) is 5.59. The van der Waals surface area contributed by atoms with Crippen LogP contribution in [0.15, 0.2) is 0 Å². The van der Waals surface area contributed by atoms with Gasteiger partial charge < -0.3 is 68.4 Å². The Bertz CT molecular complexity index is 983. The minimum atomic E-state index is -1.48. The number of hydrogen-bond donors (Lipinski definition) is 5. The van der Waals surface area contributed by atoms with Gasteiger partial charge in [0.25, 0.3) is 0 Å². The molecule has 0 bridgehead atoms. The summed E-state index contributed by atoms with van der Waals surface area (Å²) in [5, 5.41) is 41.7. The van der Waals surface area contributed by atoms with Crippen LogP contribution < -0.4 is 5.32 Å². The molecule has 1 amide bonds. The average molecular weight is 858 g/mol. The van der Waals surface area contributed by atoms with Crippen LogP contribution in [-0.4, -0.2) is 180 Å². The first-order chi connectivity index (χ1) is 28.3. The Morgan fingerprint density at radius 2 is 1.02 bits per heavy atom. The van der Waals surface area contributed by atoms with Crippen LogP contribution in [0.4, 0.5) is 0 Å². The number of hydrogen-bond acceptors (Lipinski definition) is 17. The van der Waals surface area contributed by atoms with Gasteiger partial charge in [0.2, 0.25) is 5.91 Å². The predicted molar refractivity (Wildman–Crippen MR) is 216 cm³/mol. The van der Waals surface area contributed by atoms with Gasteiger partial charge in [0.15, 0.2) is 11.4 Å². The number of esters is 1. The summed E-state index contributed by atoms with van der Waals surface area (Å²) in [5.41, 5.74) is 0. The Labute approximate surface area is 349 Å². The first kappa shape index (κ1) is 54.5. The van der Waals surface area contributed by atoms with Gasteiger partial charge in [-0.3, -0.25) is 14.4 Å². The van der Waals surface area contributed by atoms with Crippen molar-refractivity contribution in [2.24, 2.45) is 0 Å². The van der Waals surface area contributed by atoms with Gasteiger partial charge in [-0.25, -0.2) is 0 Å². The molecule has 17 nitrogen and oxygen atoms in total. The lowest BCUT2D eigenvalue weighted by Gasteiger charge is -2.39. The summed E-state index contributed by atoms with van der Waals surface area (Å²) < 4.78 is 48.8. The second-order valence-electron chi connectivity index (χ2n) is 13.9. The standard InChI is InChI=1S/C40H75NO16S/c1-33(43)58-31-13-8-6-4-2-3-5-7-11-17-49-19-20-50-21-22-51-23-24-52-25-26-53-27-28-54-29-30-55-36(45)15-14-35(44)41-16-10-9-12-18-56-40-39(48)38(47)37(46)34(32-42)57-40/h34,37-40,42,46-48H,2-32H2,1H3,(H,41,44)/t34-,37-,38+,39+,40+/m1/s1. The van der Waals surface area contributed by atoms with E-state index in [1.54, 1.807) is 6.92 Å². The van der Waals surface area contributed by atoms with Crippen LogP contribution in [0, 0.1) is 0 Å². The van der Waals surface area contributed by atoms with Crippen LogP contribution in [0.3, 0.4) is 0 Å². The number of rotatable bonds is 41. The molecule has 0 saturated carbocycles. The van der Waals surface area contributed by atoms with Gasteiger partial charge in [0.05, 0.1) is 85.7 Å². The Kier molecular flexibility index (Phi) is 37.2. The molecule has 1 rings (SSSR count). The van der Waals surface area contributed by atoms with E-state index in [2.05, 4.69) is 5.32 Å². The minimum Gasteiger partial charge on any atom is -0.463 e. The molecule has 0 radical (unpaired) electrons. The number of unbranched alkanes of at least 4 members (excludes halogenated alkanes) is 10. The molecule has 5 N–H and O–H groups in total. The zero-order chi connectivity index (χ0) is 42.3. The number of nitrogens with one attached hydrogen (secondary N) is 1. The topological polar surface area (TPSA) is 227 Å². The fourth-order valence-corrected chi connectivity index (χ4v) is 6.22. The first-order valence-corrected chi connectivity index (χ1v) is 22.2. The van der Waals surface area contributed by atoms with E-state index in [1.807, 2.05) is 0 Å². The highest BCUT2D eigenvalue weighted by Crippen LogP contribution is 2.22. The van der Waals surface area contributed by atoms with E-state index >= 15 is 0 Å². The molecule has 5 atom stereocenters. The zero-order valence-electron chi connectivity index (χ0n) is 34.9. The van der Waals surface area contributed by atoms with E-state index in [4.69, 9.17) is 42.6 Å². The van der Waals surface area contributed by atoms with Crippen LogP contribution in [0.25, 0.3) is 0 Å². The van der Waals surface area contributed by atoms with Crippen LogP contribution in [0.1, 0.15) is 96.8 Å². The number of ether oxygens (including phenoxy) is 9. The Balaban J connectivity index is 1.73. The van der Waals surface area contributed by atoms with Crippen molar-refractivity contribution in [1.82, 2.24) is 5.32 Å². The Morgan fingerprint density at radius 3 is 1.55 bits per heavy atom. The van der Waals surface area contributed by atoms with Gasteiger partial charge in [0, 0.05) is 38.9 Å². The normalized spacial score (nSPS) is 19.4. The van der Waals surface area contributed by atoms with Crippen molar-refractivity contribution >= 4 is 28.8 Å². The second-order valence-corrected chi connectivity index (χ2v) is 15.2. The zero-order valence-corrected chi connectivity index (χ0v) is 35.7. The van der Waals surface area contributed by atoms with Gasteiger partial charge in [-0.2, -0.15) is 0 Å². The van der Waals surface area contributed by atoms with Crippen molar-refractivity contribution < 1.29 is 77.4 Å². The summed E-state index contributed by atoms with van der Waals surface area (Å²) in [5.74, 6) is 0.219. The molecule has 342 valence electrons. The van der Waals surface area contributed by atoms with Gasteiger partial charge in [0.1, 0.15) is 31.0 Å². The maximum absolute atomic E-state index is 12.0. The smallest absolute Gasteiger partial charge is 0.306 e. The molecule has 58 heavy (non-hydrogen) atoms. The van der Waals surface area contributed by atoms with Crippen molar-refractivity contribution in [3.63, 3.8) is 0 Å². The molecule has 0 aliphatic carbocycles. The molecule has 0 aromatic rings. The van der Waals surface area contributed by atoms with Crippen molar-refractivity contribution in [3.05, 3.63) is 0 Å². The maximum Gasteiger partial charge on any atom is 0.306 e. The molecule has 1 aliphatic heterocycles. The van der Waals surface area contributed by atoms with Crippen molar-refractivity contribution in [1.29, 1.82) is 0 Å². The SMILES string of the molecule is CC(=O)SCCCCCCCCCCCOCCOCCOCCOCCOCCOCCOC(=O)CCC(=O)NCCCCCO[C@H]1O[C@H](CO)[C@@H](O)[C@H](O)[C@@H]1O. The number of aliphatic hydroxyl groups is 4. The number of carbonyl (C=O) groups is 3. The van der Waals surface area contributed by atoms with Gasteiger partial charge >= 0.3 is 5.97 Å². The third-order valence-electron chi connectivity index (χ3n) is 8.92. The van der Waals surface area contributed by atoms with Crippen molar-refractivity contribution in [3.8, 4) is 0 Å². The second kappa shape index (κ2) is 39.6. The van der Waals surface area contributed by atoms with E-state index in [0.717, 1.165) is 25.2 Å². The maximum atomic E-state index is 12.0. The lowest BCUT2D eigenvalue weighted by atomic mass is 9.99. The summed E-state index contributed by atoms with van der Waals surface area (Å²) >= 11 is 1.43. The third kappa shape index (κ3) is 32.3. The van der Waals surface area contributed by atoms with Crippen LogP contribution in [-0.2, 0) is 57.0 Å². The molecule has 1 heterocycles. The summed E-state index contributed by atoms with van der Waals surface area (Å²) in [6.07, 6.45) is 6.49. The van der Waals surface area contributed by atoms with E-state index in [1.165, 1.54) is 56.7 Å². The molecule has 0 aromatic carbocycles. The van der Waals surface area contributed by atoms with Crippen molar-refractivity contribution in [2.75, 3.05) is 111 Å². The molecule has 0 aromatic heterocycles. The Hall–Kier alpha value is -1.52. The summed E-state index contributed by atoms with van der Waals surface area (Å²) in [6, 6.07) is 0. The molecule has 1 aliphatic rings. The van der Waals surface area contributed by atoms with Gasteiger partial charge in [-0.05, 0) is 32.1 Å². The molecule has 1 fully saturated rings. The largest absolute Gasteiger partial charge is 0.463 e. The van der Waals surface area contributed by atoms with E-state index in [9.17, 15) is 34.8 Å². The third-order valence-corrected chi connectivity index (χ3v) is 9.82. The fraction of sp³-hybridized carbons (Fsp3) is 0.925. The van der Waals surface area contributed by atoms with Crippen molar-refractivity contribution in [2.45, 2.75) is 128 Å². The number of carbonyl (C=O) groups excluding carboxylic acids is 3. The molecular formula is C40H75NO16S. The van der Waals surface area contributed by atoms with Crippen LogP contribution in [0.5, 0.6) is 0 Å². The number of aliphatic hydroxyl groups excluding tert-OH is 4. The van der Waals surface area contributed by atoms with E-state index < -0.39 is 43.3 Å². The van der Waals surface area contributed by atoms with Gasteiger partial charge in [-0.15, -0.1) is 0 Å².